The fraction of sp³-hybridized carbons (Fsp3) is 0.333. The van der Waals surface area contributed by atoms with Gasteiger partial charge in [0.25, 0.3) is 0 Å². The van der Waals surface area contributed by atoms with Crippen molar-refractivity contribution in [2.75, 3.05) is 6.54 Å². The first kappa shape index (κ1) is 11.5. The van der Waals surface area contributed by atoms with Crippen molar-refractivity contribution < 1.29 is 5.11 Å². The van der Waals surface area contributed by atoms with Crippen LogP contribution in [0.1, 0.15) is 35.8 Å². The average molecular weight is 242 g/mol. The number of hydrogen-bond donors (Lipinski definition) is 3. The third-order valence-electron chi connectivity index (χ3n) is 3.98. The van der Waals surface area contributed by atoms with Gasteiger partial charge in [-0.2, -0.15) is 0 Å². The number of aromatic amines is 1. The SMILES string of the molecule is NCC1(c2cccc(C(O)c3ccc[nH]3)c2)CC1. The minimum absolute atomic E-state index is 0.172. The van der Waals surface area contributed by atoms with Crippen molar-refractivity contribution in [2.45, 2.75) is 24.4 Å². The molecule has 1 saturated carbocycles. The van der Waals surface area contributed by atoms with Crippen LogP contribution in [0.3, 0.4) is 0 Å². The zero-order valence-electron chi connectivity index (χ0n) is 10.3. The molecule has 3 heteroatoms. The lowest BCUT2D eigenvalue weighted by Crippen LogP contribution is -2.20. The Labute approximate surface area is 107 Å². The van der Waals surface area contributed by atoms with E-state index in [1.807, 2.05) is 30.5 Å². The Morgan fingerprint density at radius 2 is 2.11 bits per heavy atom. The Morgan fingerprint density at radius 3 is 2.72 bits per heavy atom. The van der Waals surface area contributed by atoms with Gasteiger partial charge in [-0.15, -0.1) is 0 Å². The summed E-state index contributed by atoms with van der Waals surface area (Å²) in [4.78, 5) is 3.05. The minimum Gasteiger partial charge on any atom is -0.382 e. The number of hydrogen-bond acceptors (Lipinski definition) is 2. The summed E-state index contributed by atoms with van der Waals surface area (Å²) in [5.74, 6) is 0. The van der Waals surface area contributed by atoms with E-state index in [9.17, 15) is 5.11 Å². The molecule has 0 saturated heterocycles. The molecule has 1 aliphatic carbocycles. The molecule has 0 spiro atoms. The smallest absolute Gasteiger partial charge is 0.119 e. The number of rotatable bonds is 4. The van der Waals surface area contributed by atoms with Crippen LogP contribution in [0.2, 0.25) is 0 Å². The van der Waals surface area contributed by atoms with Gasteiger partial charge < -0.3 is 15.8 Å². The lowest BCUT2D eigenvalue weighted by Gasteiger charge is -2.16. The topological polar surface area (TPSA) is 62.0 Å². The zero-order valence-corrected chi connectivity index (χ0v) is 10.3. The van der Waals surface area contributed by atoms with Crippen LogP contribution < -0.4 is 5.73 Å². The van der Waals surface area contributed by atoms with Gasteiger partial charge in [0.15, 0.2) is 0 Å². The third-order valence-corrected chi connectivity index (χ3v) is 3.98. The fourth-order valence-electron chi connectivity index (χ4n) is 2.49. The van der Waals surface area contributed by atoms with Crippen LogP contribution >= 0.6 is 0 Å². The highest BCUT2D eigenvalue weighted by Gasteiger charge is 2.42. The lowest BCUT2D eigenvalue weighted by atomic mass is 9.93. The highest BCUT2D eigenvalue weighted by Crippen LogP contribution is 2.47. The molecule has 94 valence electrons. The number of aliphatic hydroxyl groups is 1. The first-order chi connectivity index (χ1) is 8.75. The summed E-state index contributed by atoms with van der Waals surface area (Å²) in [6.07, 6.45) is 3.55. The van der Waals surface area contributed by atoms with Gasteiger partial charge in [-0.1, -0.05) is 24.3 Å². The molecular formula is C15H18N2O. The molecule has 0 bridgehead atoms. The van der Waals surface area contributed by atoms with Crippen molar-refractivity contribution in [1.82, 2.24) is 4.98 Å². The van der Waals surface area contributed by atoms with E-state index in [-0.39, 0.29) is 5.41 Å². The lowest BCUT2D eigenvalue weighted by molar-refractivity contribution is 0.216. The second-order valence-electron chi connectivity index (χ2n) is 5.14. The van der Waals surface area contributed by atoms with E-state index in [1.54, 1.807) is 0 Å². The number of nitrogens with two attached hydrogens (primary N) is 1. The average Bonchev–Trinajstić information content (AvgIpc) is 3.04. The summed E-state index contributed by atoms with van der Waals surface area (Å²) in [6, 6.07) is 12.0. The van der Waals surface area contributed by atoms with Crippen molar-refractivity contribution in [3.63, 3.8) is 0 Å². The Kier molecular flexibility index (Phi) is 2.73. The van der Waals surface area contributed by atoms with Gasteiger partial charge in [-0.3, -0.25) is 0 Å². The predicted molar refractivity (Wildman–Crippen MR) is 71.3 cm³/mol. The molecule has 1 heterocycles. The molecule has 4 N–H and O–H groups in total. The number of nitrogens with one attached hydrogen (secondary N) is 1. The molecule has 1 aromatic heterocycles. The van der Waals surface area contributed by atoms with E-state index in [1.165, 1.54) is 5.56 Å². The minimum atomic E-state index is -0.589. The van der Waals surface area contributed by atoms with E-state index in [2.05, 4.69) is 17.1 Å². The highest BCUT2D eigenvalue weighted by atomic mass is 16.3. The summed E-state index contributed by atoms with van der Waals surface area (Å²) in [5, 5.41) is 10.3. The molecule has 0 aliphatic heterocycles. The van der Waals surface area contributed by atoms with Crippen LogP contribution in [0.4, 0.5) is 0 Å². The molecule has 1 fully saturated rings. The first-order valence-electron chi connectivity index (χ1n) is 6.37. The second kappa shape index (κ2) is 4.26. The molecule has 0 amide bonds. The first-order valence-corrected chi connectivity index (χ1v) is 6.37. The van der Waals surface area contributed by atoms with Gasteiger partial charge in [0.05, 0.1) is 0 Å². The van der Waals surface area contributed by atoms with Crippen molar-refractivity contribution >= 4 is 0 Å². The molecule has 1 aromatic carbocycles. The van der Waals surface area contributed by atoms with E-state index in [4.69, 9.17) is 5.73 Å². The van der Waals surface area contributed by atoms with Crippen LogP contribution in [0.25, 0.3) is 0 Å². The Bertz CT molecular complexity index is 529. The largest absolute Gasteiger partial charge is 0.382 e. The van der Waals surface area contributed by atoms with Crippen molar-refractivity contribution in [3.8, 4) is 0 Å². The Hall–Kier alpha value is -1.58. The van der Waals surface area contributed by atoms with Crippen molar-refractivity contribution in [3.05, 3.63) is 59.4 Å². The van der Waals surface area contributed by atoms with Crippen LogP contribution in [0.5, 0.6) is 0 Å². The monoisotopic (exact) mass is 242 g/mol. The highest BCUT2D eigenvalue weighted by molar-refractivity contribution is 5.37. The number of benzene rings is 1. The van der Waals surface area contributed by atoms with Gasteiger partial charge in [-0.05, 0) is 36.1 Å². The molecule has 1 atom stereocenters. The molecule has 1 aliphatic rings. The third kappa shape index (κ3) is 1.85. The maximum Gasteiger partial charge on any atom is 0.119 e. The zero-order chi connectivity index (χ0) is 12.6. The standard InChI is InChI=1S/C15H18N2O/c16-10-15(6-7-15)12-4-1-3-11(9-12)14(18)13-5-2-8-17-13/h1-5,8-9,14,17-18H,6-7,10,16H2. The summed E-state index contributed by atoms with van der Waals surface area (Å²) < 4.78 is 0. The molecule has 3 rings (SSSR count). The molecule has 18 heavy (non-hydrogen) atoms. The summed E-state index contributed by atoms with van der Waals surface area (Å²) >= 11 is 0. The Morgan fingerprint density at radius 1 is 1.28 bits per heavy atom. The molecular weight excluding hydrogens is 224 g/mol. The summed E-state index contributed by atoms with van der Waals surface area (Å²) in [7, 11) is 0. The van der Waals surface area contributed by atoms with Gasteiger partial charge in [0, 0.05) is 23.9 Å². The van der Waals surface area contributed by atoms with Crippen LogP contribution in [0.15, 0.2) is 42.6 Å². The normalized spacial score (nSPS) is 18.6. The van der Waals surface area contributed by atoms with Crippen LogP contribution in [-0.2, 0) is 5.41 Å². The van der Waals surface area contributed by atoms with Crippen LogP contribution in [-0.4, -0.2) is 16.6 Å². The summed E-state index contributed by atoms with van der Waals surface area (Å²) in [6.45, 7) is 0.690. The quantitative estimate of drug-likeness (QED) is 0.768. The van der Waals surface area contributed by atoms with Gasteiger partial charge >= 0.3 is 0 Å². The maximum absolute atomic E-state index is 10.3. The predicted octanol–water partition coefficient (Wildman–Crippen LogP) is 2.09. The van der Waals surface area contributed by atoms with Gasteiger partial charge in [0.1, 0.15) is 6.10 Å². The molecule has 2 aromatic rings. The van der Waals surface area contributed by atoms with Crippen molar-refractivity contribution in [1.29, 1.82) is 0 Å². The van der Waals surface area contributed by atoms with E-state index >= 15 is 0 Å². The van der Waals surface area contributed by atoms with E-state index in [0.29, 0.717) is 6.54 Å². The molecule has 3 nitrogen and oxygen atoms in total. The van der Waals surface area contributed by atoms with E-state index in [0.717, 1.165) is 24.1 Å². The number of aromatic nitrogens is 1. The molecule has 1 unspecified atom stereocenters. The summed E-state index contributed by atoms with van der Waals surface area (Å²) in [5.41, 5.74) is 9.03. The maximum atomic E-state index is 10.3. The number of H-pyrrole nitrogens is 1. The van der Waals surface area contributed by atoms with Crippen LogP contribution in [0, 0.1) is 0 Å². The van der Waals surface area contributed by atoms with Crippen molar-refractivity contribution in [2.24, 2.45) is 5.73 Å². The van der Waals surface area contributed by atoms with Gasteiger partial charge in [-0.25, -0.2) is 0 Å². The van der Waals surface area contributed by atoms with E-state index < -0.39 is 6.10 Å². The number of aliphatic hydroxyl groups excluding tert-OH is 1. The molecule has 0 radical (unpaired) electrons. The second-order valence-corrected chi connectivity index (χ2v) is 5.14. The van der Waals surface area contributed by atoms with Gasteiger partial charge in [0.2, 0.25) is 0 Å². The Balaban J connectivity index is 1.92. The fourth-order valence-corrected chi connectivity index (χ4v) is 2.49.